The summed E-state index contributed by atoms with van der Waals surface area (Å²) >= 11 is 0. The van der Waals surface area contributed by atoms with Gasteiger partial charge in [0.05, 0.1) is 24.8 Å². The summed E-state index contributed by atoms with van der Waals surface area (Å²) in [7, 11) is 0. The van der Waals surface area contributed by atoms with Crippen LogP contribution < -0.4 is 10.6 Å². The first-order chi connectivity index (χ1) is 11.6. The number of nitrogens with one attached hydrogen (secondary N) is 2. The minimum Gasteiger partial charge on any atom is -0.373 e. The van der Waals surface area contributed by atoms with Crippen molar-refractivity contribution in [3.63, 3.8) is 0 Å². The molecule has 24 heavy (non-hydrogen) atoms. The summed E-state index contributed by atoms with van der Waals surface area (Å²) in [5, 5.41) is 7.04. The molecule has 0 amide bonds. The summed E-state index contributed by atoms with van der Waals surface area (Å²) < 4.78 is 5.96. The highest BCUT2D eigenvalue weighted by atomic mass is 16.5. The third-order valence-corrected chi connectivity index (χ3v) is 5.30. The molecule has 2 heterocycles. The molecule has 2 rings (SSSR count). The van der Waals surface area contributed by atoms with Crippen molar-refractivity contribution >= 4 is 5.96 Å². The molecule has 4 unspecified atom stereocenters. The Labute approximate surface area is 148 Å². The number of guanidine groups is 1. The summed E-state index contributed by atoms with van der Waals surface area (Å²) in [6.45, 7) is 15.2. The van der Waals surface area contributed by atoms with Crippen molar-refractivity contribution in [2.75, 3.05) is 26.2 Å². The topological polar surface area (TPSA) is 48.9 Å². The molecular weight excluding hydrogens is 300 g/mol. The number of nitrogens with zero attached hydrogens (tertiary/aromatic N) is 2. The molecule has 0 aromatic heterocycles. The lowest BCUT2D eigenvalue weighted by atomic mass is 9.96. The van der Waals surface area contributed by atoms with Gasteiger partial charge in [0, 0.05) is 12.6 Å². The SMILES string of the molecule is CCNC(=NCC(CC(C)C)N(CC)CC)NC1CC2CCC1O2. The number of rotatable bonds is 9. The van der Waals surface area contributed by atoms with Crippen molar-refractivity contribution in [3.8, 4) is 0 Å². The van der Waals surface area contributed by atoms with Crippen molar-refractivity contribution in [2.45, 2.75) is 84.6 Å². The Hall–Kier alpha value is -0.810. The standard InChI is InChI=1S/C19H38N4O/c1-6-20-19(22-17-12-16-9-10-18(17)24-16)21-13-15(11-14(4)5)23(7-2)8-3/h14-18H,6-13H2,1-5H3,(H2,20,21,22). The monoisotopic (exact) mass is 338 g/mol. The van der Waals surface area contributed by atoms with Gasteiger partial charge in [0.1, 0.15) is 0 Å². The van der Waals surface area contributed by atoms with E-state index >= 15 is 0 Å². The van der Waals surface area contributed by atoms with Crippen LogP contribution in [0.15, 0.2) is 4.99 Å². The Morgan fingerprint density at radius 2 is 1.96 bits per heavy atom. The van der Waals surface area contributed by atoms with Gasteiger partial charge in [-0.3, -0.25) is 9.89 Å². The smallest absolute Gasteiger partial charge is 0.191 e. The molecule has 2 bridgehead atoms. The highest BCUT2D eigenvalue weighted by molar-refractivity contribution is 5.80. The van der Waals surface area contributed by atoms with Crippen LogP contribution in [-0.4, -0.2) is 61.3 Å². The predicted molar refractivity (Wildman–Crippen MR) is 102 cm³/mol. The Morgan fingerprint density at radius 1 is 1.21 bits per heavy atom. The second-order valence-electron chi connectivity index (χ2n) is 7.58. The molecule has 0 aromatic carbocycles. The second-order valence-corrected chi connectivity index (χ2v) is 7.58. The Morgan fingerprint density at radius 3 is 2.46 bits per heavy atom. The van der Waals surface area contributed by atoms with Gasteiger partial charge in [0.15, 0.2) is 5.96 Å². The largest absolute Gasteiger partial charge is 0.373 e. The van der Waals surface area contributed by atoms with E-state index in [1.54, 1.807) is 0 Å². The van der Waals surface area contributed by atoms with Gasteiger partial charge in [0.25, 0.3) is 0 Å². The summed E-state index contributed by atoms with van der Waals surface area (Å²) in [4.78, 5) is 7.46. The number of hydrogen-bond acceptors (Lipinski definition) is 3. The van der Waals surface area contributed by atoms with Crippen LogP contribution in [0.1, 0.15) is 60.3 Å². The average Bonchev–Trinajstić information content (AvgIpc) is 3.15. The average molecular weight is 339 g/mol. The highest BCUT2D eigenvalue weighted by Gasteiger charge is 2.41. The van der Waals surface area contributed by atoms with Gasteiger partial charge in [-0.05, 0) is 51.6 Å². The summed E-state index contributed by atoms with van der Waals surface area (Å²) in [5.74, 6) is 1.65. The fourth-order valence-electron chi connectivity index (χ4n) is 4.11. The second kappa shape index (κ2) is 9.62. The van der Waals surface area contributed by atoms with E-state index in [-0.39, 0.29) is 0 Å². The minimum atomic E-state index is 0.382. The maximum absolute atomic E-state index is 5.96. The summed E-state index contributed by atoms with van der Waals surface area (Å²) in [5.41, 5.74) is 0. The molecule has 140 valence electrons. The summed E-state index contributed by atoms with van der Waals surface area (Å²) in [6, 6.07) is 0.949. The van der Waals surface area contributed by atoms with Crippen molar-refractivity contribution < 1.29 is 4.74 Å². The quantitative estimate of drug-likeness (QED) is 0.501. The van der Waals surface area contributed by atoms with Crippen LogP contribution in [0, 0.1) is 5.92 Å². The first-order valence-electron chi connectivity index (χ1n) is 10.0. The molecule has 2 saturated heterocycles. The molecule has 0 saturated carbocycles. The zero-order valence-electron chi connectivity index (χ0n) is 16.3. The normalized spacial score (nSPS) is 28.0. The molecule has 4 atom stereocenters. The van der Waals surface area contributed by atoms with Gasteiger partial charge >= 0.3 is 0 Å². The third-order valence-electron chi connectivity index (χ3n) is 5.30. The van der Waals surface area contributed by atoms with E-state index in [1.165, 1.54) is 19.3 Å². The van der Waals surface area contributed by atoms with Crippen molar-refractivity contribution in [1.82, 2.24) is 15.5 Å². The fourth-order valence-corrected chi connectivity index (χ4v) is 4.11. The molecule has 0 aliphatic carbocycles. The zero-order chi connectivity index (χ0) is 17.5. The maximum Gasteiger partial charge on any atom is 0.191 e. The van der Waals surface area contributed by atoms with Crippen LogP contribution in [0.2, 0.25) is 0 Å². The Balaban J connectivity index is 1.96. The van der Waals surface area contributed by atoms with E-state index in [2.05, 4.69) is 50.2 Å². The van der Waals surface area contributed by atoms with Crippen LogP contribution in [0.3, 0.4) is 0 Å². The first kappa shape index (κ1) is 19.5. The summed E-state index contributed by atoms with van der Waals surface area (Å²) in [6.07, 6.45) is 5.60. The molecular formula is C19H38N4O. The van der Waals surface area contributed by atoms with Crippen LogP contribution >= 0.6 is 0 Å². The van der Waals surface area contributed by atoms with E-state index < -0.39 is 0 Å². The van der Waals surface area contributed by atoms with Crippen molar-refractivity contribution in [1.29, 1.82) is 0 Å². The van der Waals surface area contributed by atoms with Crippen molar-refractivity contribution in [3.05, 3.63) is 0 Å². The molecule has 2 N–H and O–H groups in total. The minimum absolute atomic E-state index is 0.382. The zero-order valence-corrected chi connectivity index (χ0v) is 16.3. The molecule has 2 aliphatic heterocycles. The number of ether oxygens (including phenoxy) is 1. The Kier molecular flexibility index (Phi) is 7.82. The van der Waals surface area contributed by atoms with E-state index in [1.807, 2.05) is 0 Å². The van der Waals surface area contributed by atoms with E-state index in [0.717, 1.165) is 38.6 Å². The molecule has 0 radical (unpaired) electrons. The van der Waals surface area contributed by atoms with Crippen molar-refractivity contribution in [2.24, 2.45) is 10.9 Å². The van der Waals surface area contributed by atoms with E-state index in [0.29, 0.717) is 30.2 Å². The molecule has 2 aliphatic rings. The van der Waals surface area contributed by atoms with Gasteiger partial charge in [-0.2, -0.15) is 0 Å². The van der Waals surface area contributed by atoms with Crippen LogP contribution in [0.25, 0.3) is 0 Å². The van der Waals surface area contributed by atoms with Crippen LogP contribution in [0.5, 0.6) is 0 Å². The molecule has 2 fully saturated rings. The van der Waals surface area contributed by atoms with Gasteiger partial charge < -0.3 is 15.4 Å². The lowest BCUT2D eigenvalue weighted by Gasteiger charge is -2.30. The third kappa shape index (κ3) is 5.35. The molecule has 5 heteroatoms. The molecule has 0 spiro atoms. The number of hydrogen-bond donors (Lipinski definition) is 2. The lowest BCUT2D eigenvalue weighted by molar-refractivity contribution is 0.0992. The first-order valence-corrected chi connectivity index (χ1v) is 10.0. The molecule has 5 nitrogen and oxygen atoms in total. The van der Waals surface area contributed by atoms with Crippen LogP contribution in [0.4, 0.5) is 0 Å². The van der Waals surface area contributed by atoms with Gasteiger partial charge in [-0.1, -0.05) is 27.7 Å². The van der Waals surface area contributed by atoms with Gasteiger partial charge in [0.2, 0.25) is 0 Å². The molecule has 0 aromatic rings. The fraction of sp³-hybridized carbons (Fsp3) is 0.947. The predicted octanol–water partition coefficient (Wildman–Crippen LogP) is 2.62. The number of aliphatic imine (C=N–C) groups is 1. The maximum atomic E-state index is 5.96. The number of likely N-dealkylation sites (N-methyl/N-ethyl adjacent to an activating group) is 1. The lowest BCUT2D eigenvalue weighted by Crippen LogP contribution is -2.48. The van der Waals surface area contributed by atoms with Gasteiger partial charge in [-0.15, -0.1) is 0 Å². The van der Waals surface area contributed by atoms with Crippen LogP contribution in [-0.2, 0) is 4.74 Å². The number of fused-ring (bicyclic) bond motifs is 2. The van der Waals surface area contributed by atoms with Gasteiger partial charge in [-0.25, -0.2) is 0 Å². The highest BCUT2D eigenvalue weighted by Crippen LogP contribution is 2.34. The Bertz CT molecular complexity index is 395. The van der Waals surface area contributed by atoms with E-state index in [4.69, 9.17) is 9.73 Å². The van der Waals surface area contributed by atoms with E-state index in [9.17, 15) is 0 Å².